The van der Waals surface area contributed by atoms with Crippen molar-refractivity contribution in [3.63, 3.8) is 0 Å². The fourth-order valence-corrected chi connectivity index (χ4v) is 1.74. The zero-order chi connectivity index (χ0) is 11.2. The molecule has 4 nitrogen and oxygen atoms in total. The van der Waals surface area contributed by atoms with Crippen LogP contribution in [-0.2, 0) is 0 Å². The molecule has 1 aliphatic heterocycles. The van der Waals surface area contributed by atoms with Gasteiger partial charge in [-0.1, -0.05) is 24.6 Å². The van der Waals surface area contributed by atoms with Gasteiger partial charge in [0.25, 0.3) is 5.91 Å². The summed E-state index contributed by atoms with van der Waals surface area (Å²) in [6.45, 7) is 1.79. The zero-order valence-corrected chi connectivity index (χ0v) is 9.28. The van der Waals surface area contributed by atoms with Gasteiger partial charge in [-0.05, 0) is 25.0 Å². The number of nitrogens with zero attached hydrogens (tertiary/aromatic N) is 1. The van der Waals surface area contributed by atoms with Crippen molar-refractivity contribution in [3.05, 3.63) is 35.9 Å². The van der Waals surface area contributed by atoms with Gasteiger partial charge in [0.05, 0.1) is 0 Å². The molecule has 0 unspecified atom stereocenters. The number of carbonyl (C=O) groups excluding carboxylic acids is 1. The van der Waals surface area contributed by atoms with Crippen LogP contribution in [0.2, 0.25) is 0 Å². The number of hydrazine groups is 2. The average molecular weight is 219 g/mol. The topological polar surface area (TPSA) is 44.4 Å². The number of amides is 1. The minimum Gasteiger partial charge on any atom is -0.271 e. The molecule has 0 bridgehead atoms. The smallest absolute Gasteiger partial charge is 0.266 e. The van der Waals surface area contributed by atoms with Crippen LogP contribution in [0, 0.1) is 0 Å². The van der Waals surface area contributed by atoms with Crippen molar-refractivity contribution in [3.8, 4) is 0 Å². The third-order valence-electron chi connectivity index (χ3n) is 2.63. The van der Waals surface area contributed by atoms with E-state index in [0.717, 1.165) is 25.9 Å². The van der Waals surface area contributed by atoms with E-state index in [1.54, 1.807) is 5.12 Å². The van der Waals surface area contributed by atoms with Gasteiger partial charge >= 0.3 is 0 Å². The van der Waals surface area contributed by atoms with Gasteiger partial charge in [0.1, 0.15) is 0 Å². The Hall–Kier alpha value is -1.39. The number of rotatable bonds is 2. The van der Waals surface area contributed by atoms with E-state index in [-0.39, 0.29) is 5.91 Å². The second-order valence-electron chi connectivity index (χ2n) is 3.93. The van der Waals surface area contributed by atoms with Gasteiger partial charge in [0.15, 0.2) is 0 Å². The molecule has 0 aliphatic carbocycles. The number of hydrogen-bond donors (Lipinski definition) is 2. The Morgan fingerprint density at radius 1 is 1.19 bits per heavy atom. The van der Waals surface area contributed by atoms with Crippen LogP contribution in [0.4, 0.5) is 0 Å². The molecular weight excluding hydrogens is 202 g/mol. The SMILES string of the molecule is O=C(NN1CCCCCN1)c1ccccc1. The molecule has 2 N–H and O–H groups in total. The Bertz CT molecular complexity index is 331. The predicted octanol–water partition coefficient (Wildman–Crippen LogP) is 1.32. The third kappa shape index (κ3) is 3.05. The maximum Gasteiger partial charge on any atom is 0.266 e. The van der Waals surface area contributed by atoms with E-state index in [4.69, 9.17) is 0 Å². The van der Waals surface area contributed by atoms with E-state index in [2.05, 4.69) is 10.9 Å². The number of hydrogen-bond acceptors (Lipinski definition) is 3. The lowest BCUT2D eigenvalue weighted by Gasteiger charge is -2.21. The lowest BCUT2D eigenvalue weighted by atomic mass is 10.2. The van der Waals surface area contributed by atoms with Gasteiger partial charge in [0, 0.05) is 18.7 Å². The Labute approximate surface area is 95.6 Å². The summed E-state index contributed by atoms with van der Waals surface area (Å²) >= 11 is 0. The molecule has 1 aromatic carbocycles. The summed E-state index contributed by atoms with van der Waals surface area (Å²) in [5.41, 5.74) is 6.73. The quantitative estimate of drug-likeness (QED) is 0.788. The Balaban J connectivity index is 1.91. The number of carbonyl (C=O) groups is 1. The van der Waals surface area contributed by atoms with Crippen LogP contribution in [0.1, 0.15) is 29.6 Å². The van der Waals surface area contributed by atoms with Crippen LogP contribution in [0.15, 0.2) is 30.3 Å². The standard InChI is InChI=1S/C12H17N3O/c16-12(11-7-3-1-4-8-11)14-15-10-6-2-5-9-13-15/h1,3-4,7-8,13H,2,5-6,9-10H2,(H,14,16). The maximum absolute atomic E-state index is 11.8. The Kier molecular flexibility index (Phi) is 3.91. The molecule has 0 radical (unpaired) electrons. The molecule has 1 aliphatic rings. The summed E-state index contributed by atoms with van der Waals surface area (Å²) in [5, 5.41) is 1.79. The molecular formula is C12H17N3O. The minimum absolute atomic E-state index is 0.0602. The predicted molar refractivity (Wildman–Crippen MR) is 62.5 cm³/mol. The summed E-state index contributed by atoms with van der Waals surface area (Å²) in [7, 11) is 0. The van der Waals surface area contributed by atoms with Crippen molar-refractivity contribution >= 4 is 5.91 Å². The maximum atomic E-state index is 11.8. The molecule has 0 saturated carbocycles. The summed E-state index contributed by atoms with van der Waals surface area (Å²) in [5.74, 6) is -0.0602. The molecule has 1 saturated heterocycles. The molecule has 16 heavy (non-hydrogen) atoms. The second kappa shape index (κ2) is 5.63. The largest absolute Gasteiger partial charge is 0.271 e. The van der Waals surface area contributed by atoms with E-state index >= 15 is 0 Å². The van der Waals surface area contributed by atoms with Crippen LogP contribution in [0.3, 0.4) is 0 Å². The monoisotopic (exact) mass is 219 g/mol. The molecule has 86 valence electrons. The molecule has 0 spiro atoms. The first-order valence-electron chi connectivity index (χ1n) is 5.73. The van der Waals surface area contributed by atoms with Crippen molar-refractivity contribution in [1.82, 2.24) is 16.0 Å². The van der Waals surface area contributed by atoms with Gasteiger partial charge in [0.2, 0.25) is 0 Å². The highest BCUT2D eigenvalue weighted by Gasteiger charge is 2.11. The first-order chi connectivity index (χ1) is 7.86. The molecule has 1 aromatic rings. The normalized spacial score (nSPS) is 17.8. The molecule has 1 amide bonds. The Morgan fingerprint density at radius 3 is 2.81 bits per heavy atom. The molecule has 0 aromatic heterocycles. The van der Waals surface area contributed by atoms with Gasteiger partial charge in [-0.25, -0.2) is 5.43 Å². The summed E-state index contributed by atoms with van der Waals surface area (Å²) in [6.07, 6.45) is 3.49. The number of benzene rings is 1. The van der Waals surface area contributed by atoms with E-state index in [1.165, 1.54) is 6.42 Å². The molecule has 1 heterocycles. The molecule has 1 fully saturated rings. The van der Waals surface area contributed by atoms with E-state index in [9.17, 15) is 4.79 Å². The molecule has 4 heteroatoms. The zero-order valence-electron chi connectivity index (χ0n) is 9.28. The van der Waals surface area contributed by atoms with Crippen molar-refractivity contribution in [2.75, 3.05) is 13.1 Å². The highest BCUT2D eigenvalue weighted by atomic mass is 16.2. The highest BCUT2D eigenvalue weighted by molar-refractivity contribution is 5.93. The van der Waals surface area contributed by atoms with Crippen LogP contribution in [0.5, 0.6) is 0 Å². The Morgan fingerprint density at radius 2 is 2.00 bits per heavy atom. The lowest BCUT2D eigenvalue weighted by molar-refractivity contribution is 0.0679. The van der Waals surface area contributed by atoms with Crippen molar-refractivity contribution < 1.29 is 4.79 Å². The van der Waals surface area contributed by atoms with Crippen LogP contribution < -0.4 is 10.9 Å². The lowest BCUT2D eigenvalue weighted by Crippen LogP contribution is -2.50. The average Bonchev–Trinajstić information content (AvgIpc) is 2.59. The third-order valence-corrected chi connectivity index (χ3v) is 2.63. The van der Waals surface area contributed by atoms with Gasteiger partial charge in [-0.15, -0.1) is 0 Å². The van der Waals surface area contributed by atoms with Gasteiger partial charge < -0.3 is 0 Å². The van der Waals surface area contributed by atoms with E-state index < -0.39 is 0 Å². The van der Waals surface area contributed by atoms with Crippen LogP contribution >= 0.6 is 0 Å². The highest BCUT2D eigenvalue weighted by Crippen LogP contribution is 2.02. The summed E-state index contributed by atoms with van der Waals surface area (Å²) in [4.78, 5) is 11.8. The number of nitrogens with one attached hydrogen (secondary N) is 2. The van der Waals surface area contributed by atoms with Crippen molar-refractivity contribution in [2.45, 2.75) is 19.3 Å². The molecule has 2 rings (SSSR count). The fourth-order valence-electron chi connectivity index (χ4n) is 1.74. The summed E-state index contributed by atoms with van der Waals surface area (Å²) < 4.78 is 0. The van der Waals surface area contributed by atoms with Crippen LogP contribution in [-0.4, -0.2) is 24.1 Å². The first-order valence-corrected chi connectivity index (χ1v) is 5.73. The van der Waals surface area contributed by atoms with Crippen LogP contribution in [0.25, 0.3) is 0 Å². The van der Waals surface area contributed by atoms with Crippen molar-refractivity contribution in [1.29, 1.82) is 0 Å². The first kappa shape index (κ1) is 11.1. The molecule has 0 atom stereocenters. The van der Waals surface area contributed by atoms with Gasteiger partial charge in [-0.2, -0.15) is 5.12 Å². The van der Waals surface area contributed by atoms with Gasteiger partial charge in [-0.3, -0.25) is 10.2 Å². The fraction of sp³-hybridized carbons (Fsp3) is 0.417. The second-order valence-corrected chi connectivity index (χ2v) is 3.93. The van der Waals surface area contributed by atoms with E-state index in [1.807, 2.05) is 30.3 Å². The minimum atomic E-state index is -0.0602. The van der Waals surface area contributed by atoms with Crippen molar-refractivity contribution in [2.24, 2.45) is 0 Å². The summed E-state index contributed by atoms with van der Waals surface area (Å²) in [6, 6.07) is 9.26. The van der Waals surface area contributed by atoms with E-state index in [0.29, 0.717) is 5.56 Å².